The monoisotopic (exact) mass is 262 g/mol. The Labute approximate surface area is 61.6 Å². The van der Waals surface area contributed by atoms with Crippen LogP contribution in [0.1, 0.15) is 0 Å². The molecule has 0 heterocycles. The first-order chi connectivity index (χ1) is 1.00. The molecule has 50 valence electrons. The molecule has 0 rings (SSSR count). The van der Waals surface area contributed by atoms with Crippen molar-refractivity contribution >= 4 is 33.0 Å². The summed E-state index contributed by atoms with van der Waals surface area (Å²) in [7, 11) is 2.28. The molecule has 0 aromatic heterocycles. The van der Waals surface area contributed by atoms with Crippen LogP contribution in [0.5, 0.6) is 0 Å². The van der Waals surface area contributed by atoms with Crippen LogP contribution in [0.15, 0.2) is 0 Å². The molecule has 2 radical (unpaired) electrons. The number of hydrogen-bond donors (Lipinski definition) is 0. The third-order valence-electron chi connectivity index (χ3n) is 0. The van der Waals surface area contributed by atoms with E-state index in [2.05, 4.69) is 9.12 Å². The molecule has 0 bridgehead atoms. The van der Waals surface area contributed by atoms with Crippen LogP contribution < -0.4 is 23.5 Å². The van der Waals surface area contributed by atoms with E-state index < -0.39 is 0 Å². The van der Waals surface area contributed by atoms with Crippen LogP contribution >= 0.6 is 9.12 Å². The molecule has 0 unspecified atom stereocenters. The van der Waals surface area contributed by atoms with Gasteiger partial charge in [-0.3, -0.25) is 0 Å². The van der Waals surface area contributed by atoms with E-state index in [9.17, 15) is 0 Å². The van der Waals surface area contributed by atoms with E-state index in [1.54, 1.807) is 0 Å². The second-order valence-corrected chi connectivity index (χ2v) is 0. The van der Waals surface area contributed by atoms with E-state index in [0.29, 0.717) is 0 Å². The van der Waals surface area contributed by atoms with Crippen LogP contribution in [0.2, 0.25) is 0 Å². The van der Waals surface area contributed by atoms with Gasteiger partial charge in [0, 0.05) is 4.57 Å². The Balaban J connectivity index is -0.000000000333. The second-order valence-electron chi connectivity index (χ2n) is 0. The molecule has 0 aliphatic rings. The summed E-state index contributed by atoms with van der Waals surface area (Å²) in [4.78, 5) is 0. The zero-order valence-electron chi connectivity index (χ0n) is 3.25. The molecule has 0 amide bonds. The van der Waals surface area contributed by atoms with E-state index in [1.807, 2.05) is 0 Å². The van der Waals surface area contributed by atoms with Crippen LogP contribution in [-0.2, 0) is 4.57 Å². The van der Waals surface area contributed by atoms with Crippen molar-refractivity contribution in [2.24, 2.45) is 0 Å². The minimum Gasteiger partial charge on any atom is -1.00 e. The minimum atomic E-state index is 0. The maximum Gasteiger partial charge on any atom is 4.00 e. The van der Waals surface area contributed by atoms with Crippen molar-refractivity contribution in [2.45, 2.75) is 0 Å². The van der Waals surface area contributed by atoms with E-state index in [1.165, 1.54) is 0 Å². The average Bonchev–Trinajstić information content (AvgIpc) is 1.00. The van der Waals surface area contributed by atoms with E-state index in [0.717, 1.165) is 0 Å². The molecule has 0 N–H and O–H groups in total. The summed E-state index contributed by atoms with van der Waals surface area (Å²) in [6.45, 7) is 0. The number of rotatable bonds is 0. The maximum atomic E-state index is 7.94. The molecule has 0 saturated carbocycles. The third-order valence-corrected chi connectivity index (χ3v) is 0. The number of hydrogen-bond acceptors (Lipinski definition) is 1. The molecule has 0 aliphatic carbocycles. The summed E-state index contributed by atoms with van der Waals surface area (Å²) in [6, 6.07) is 0. The Morgan fingerprint density at radius 1 is 0.625 bits per heavy atom. The largest absolute Gasteiger partial charge is 4.00 e. The molecular formula is F5OPSn. The molecule has 0 aromatic carbocycles. The number of halogens is 5. The summed E-state index contributed by atoms with van der Waals surface area (Å²) in [5, 5.41) is 0. The van der Waals surface area contributed by atoms with Gasteiger partial charge in [0.05, 0.1) is 0 Å². The standard InChI is InChI=1S/5FH.OP.Sn/c;;;;;1-2;/h5*1H;;/q;;;;;+1;+4/p-5. The fourth-order valence-electron chi connectivity index (χ4n) is 0. The maximum absolute atomic E-state index is 7.94. The molecule has 8 heavy (non-hydrogen) atoms. The molecule has 0 aromatic rings. The Bertz CT molecular complexity index is 12.4. The third kappa shape index (κ3) is 670. The zero-order chi connectivity index (χ0) is 2.00. The average molecular weight is 261 g/mol. The SMILES string of the molecule is O=[P+].[F-].[F-].[F-].[F-].[F-].[Sn+4]. The van der Waals surface area contributed by atoms with E-state index in [4.69, 9.17) is 4.57 Å². The van der Waals surface area contributed by atoms with Gasteiger partial charge in [0.2, 0.25) is 0 Å². The van der Waals surface area contributed by atoms with Gasteiger partial charge in [0.15, 0.2) is 0 Å². The first-order valence-corrected chi connectivity index (χ1v) is 0.548. The van der Waals surface area contributed by atoms with Gasteiger partial charge in [-0.25, -0.2) is 0 Å². The van der Waals surface area contributed by atoms with E-state index in [-0.39, 0.29) is 47.4 Å². The Hall–Kier alpha value is 0.549. The summed E-state index contributed by atoms with van der Waals surface area (Å²) >= 11 is 0. The summed E-state index contributed by atoms with van der Waals surface area (Å²) < 4.78 is 7.94. The molecule has 1 nitrogen and oxygen atoms in total. The van der Waals surface area contributed by atoms with Gasteiger partial charge in [-0.1, -0.05) is 0 Å². The Kier molecular flexibility index (Phi) is 27300. The molecule has 0 spiro atoms. The Morgan fingerprint density at radius 2 is 0.625 bits per heavy atom. The van der Waals surface area contributed by atoms with Crippen molar-refractivity contribution in [1.82, 2.24) is 0 Å². The fraction of sp³-hybridized carbons (Fsp3) is 0. The molecule has 8 heteroatoms. The van der Waals surface area contributed by atoms with Crippen molar-refractivity contribution in [3.8, 4) is 0 Å². The van der Waals surface area contributed by atoms with Gasteiger partial charge in [0.25, 0.3) is 0 Å². The van der Waals surface area contributed by atoms with Gasteiger partial charge in [-0.2, -0.15) is 0 Å². The van der Waals surface area contributed by atoms with Crippen molar-refractivity contribution < 1.29 is 28.1 Å². The molecule has 0 atom stereocenters. The van der Waals surface area contributed by atoms with Crippen LogP contribution in [0.3, 0.4) is 0 Å². The smallest absolute Gasteiger partial charge is 1.00 e. The van der Waals surface area contributed by atoms with Gasteiger partial charge in [0.1, 0.15) is 0 Å². The molecular weight excluding hydrogens is 261 g/mol. The molecule has 0 fully saturated rings. The summed E-state index contributed by atoms with van der Waals surface area (Å²) in [6.07, 6.45) is 0. The summed E-state index contributed by atoms with van der Waals surface area (Å²) in [5.74, 6) is 0. The van der Waals surface area contributed by atoms with Gasteiger partial charge >= 0.3 is 33.0 Å². The summed E-state index contributed by atoms with van der Waals surface area (Å²) in [5.41, 5.74) is 0. The predicted octanol–water partition coefficient (Wildman–Crippen LogP) is -14.6. The van der Waals surface area contributed by atoms with Crippen LogP contribution in [0, 0.1) is 0 Å². The van der Waals surface area contributed by atoms with Crippen LogP contribution in [0.25, 0.3) is 0 Å². The van der Waals surface area contributed by atoms with Crippen molar-refractivity contribution in [3.05, 3.63) is 0 Å². The fourth-order valence-corrected chi connectivity index (χ4v) is 0. The van der Waals surface area contributed by atoms with E-state index >= 15 is 0 Å². The van der Waals surface area contributed by atoms with Gasteiger partial charge in [-0.15, -0.1) is 0 Å². The predicted molar refractivity (Wildman–Crippen MR) is 13.4 cm³/mol. The van der Waals surface area contributed by atoms with Crippen molar-refractivity contribution in [1.29, 1.82) is 0 Å². The van der Waals surface area contributed by atoms with Crippen molar-refractivity contribution in [3.63, 3.8) is 0 Å². The molecule has 0 aliphatic heterocycles. The topological polar surface area (TPSA) is 17.1 Å². The van der Waals surface area contributed by atoms with Crippen LogP contribution in [-0.4, -0.2) is 23.9 Å². The Morgan fingerprint density at radius 3 is 0.625 bits per heavy atom. The van der Waals surface area contributed by atoms with Crippen LogP contribution in [0.4, 0.5) is 0 Å². The second kappa shape index (κ2) is 1080. The van der Waals surface area contributed by atoms with Gasteiger partial charge < -0.3 is 23.5 Å². The minimum absolute atomic E-state index is 0. The quantitative estimate of drug-likeness (QED) is 0.240. The zero-order valence-corrected chi connectivity index (χ0v) is 6.99. The molecule has 0 saturated heterocycles. The van der Waals surface area contributed by atoms with Crippen molar-refractivity contribution in [2.75, 3.05) is 0 Å². The normalized spacial score (nSPS) is 0.500. The first kappa shape index (κ1) is 203. The first-order valence-electron chi connectivity index (χ1n) is 0.183. The van der Waals surface area contributed by atoms with Gasteiger partial charge in [-0.05, 0) is 0 Å².